The van der Waals surface area contributed by atoms with Gasteiger partial charge < -0.3 is 20.3 Å². The third-order valence-electron chi connectivity index (χ3n) is 16.8. The van der Waals surface area contributed by atoms with Crippen LogP contribution in [0.15, 0.2) is 12.2 Å². The van der Waals surface area contributed by atoms with Gasteiger partial charge in [-0.2, -0.15) is 0 Å². The van der Waals surface area contributed by atoms with Gasteiger partial charge in [0.2, 0.25) is 5.91 Å². The molecule has 0 aliphatic rings. The molecule has 2 unspecified atom stereocenters. The number of aliphatic hydroxyl groups is 2. The first kappa shape index (κ1) is 75.6. The van der Waals surface area contributed by atoms with Crippen molar-refractivity contribution >= 4 is 11.9 Å². The summed E-state index contributed by atoms with van der Waals surface area (Å²) < 4.78 is 5.51. The van der Waals surface area contributed by atoms with E-state index in [2.05, 4.69) is 31.3 Å². The molecule has 0 aromatic carbocycles. The third kappa shape index (κ3) is 63.6. The van der Waals surface area contributed by atoms with Gasteiger partial charge in [0.05, 0.1) is 25.4 Å². The van der Waals surface area contributed by atoms with Crippen molar-refractivity contribution in [2.45, 2.75) is 418 Å². The second kappa shape index (κ2) is 67.1. The number of rotatable bonds is 67. The van der Waals surface area contributed by atoms with Crippen molar-refractivity contribution in [2.24, 2.45) is 0 Å². The molecule has 6 nitrogen and oxygen atoms in total. The monoisotopic (exact) mass is 1090 g/mol. The SMILES string of the molecule is CCCCCCCC/C=C\CCCCCCCCCCCC(=O)OCCCCCCCCCCCCCCCCCCCCCCCCCCCC(=O)NC(CO)C(O)CCCCCCCCCCCCCCCCCC. The number of hydrogen-bond acceptors (Lipinski definition) is 5. The molecular weight excluding hydrogens is 947 g/mol. The van der Waals surface area contributed by atoms with Crippen molar-refractivity contribution in [1.82, 2.24) is 5.32 Å². The van der Waals surface area contributed by atoms with E-state index < -0.39 is 12.1 Å². The Morgan fingerprint density at radius 3 is 0.922 bits per heavy atom. The van der Waals surface area contributed by atoms with Gasteiger partial charge in [-0.1, -0.05) is 353 Å². The molecule has 2 atom stereocenters. The van der Waals surface area contributed by atoms with Gasteiger partial charge in [0.1, 0.15) is 0 Å². The Morgan fingerprint density at radius 2 is 0.610 bits per heavy atom. The molecule has 0 saturated heterocycles. The van der Waals surface area contributed by atoms with E-state index in [0.29, 0.717) is 25.9 Å². The van der Waals surface area contributed by atoms with Crippen molar-refractivity contribution in [3.05, 3.63) is 12.2 Å². The van der Waals surface area contributed by atoms with Gasteiger partial charge in [0.15, 0.2) is 0 Å². The zero-order chi connectivity index (χ0) is 55.7. The summed E-state index contributed by atoms with van der Waals surface area (Å²) in [5.41, 5.74) is 0. The van der Waals surface area contributed by atoms with E-state index in [-0.39, 0.29) is 18.5 Å². The zero-order valence-corrected chi connectivity index (χ0v) is 52.5. The molecule has 0 aromatic heterocycles. The number of aliphatic hydroxyl groups excluding tert-OH is 2. The Morgan fingerprint density at radius 1 is 0.351 bits per heavy atom. The standard InChI is InChI=1S/C71H139NO5/c1-3-5-7-9-11-13-15-17-19-21-29-33-37-41-45-49-53-57-61-65-71(76)77-66-62-58-54-50-46-42-38-34-31-28-26-24-22-23-25-27-30-32-36-40-44-48-52-56-60-64-70(75)72-68(67-73)69(74)63-59-55-51-47-43-39-35-20-18-16-14-12-10-8-6-4-2/h17,19,68-69,73-74H,3-16,18,20-67H2,1-2H3,(H,72,75)/b19-17-. The van der Waals surface area contributed by atoms with E-state index in [9.17, 15) is 19.8 Å². The normalized spacial score (nSPS) is 12.5. The third-order valence-corrected chi connectivity index (χ3v) is 16.8. The van der Waals surface area contributed by atoms with Crippen LogP contribution in [-0.4, -0.2) is 47.4 Å². The number of amides is 1. The van der Waals surface area contributed by atoms with Gasteiger partial charge in [0.25, 0.3) is 0 Å². The van der Waals surface area contributed by atoms with Gasteiger partial charge in [-0.25, -0.2) is 0 Å². The summed E-state index contributed by atoms with van der Waals surface area (Å²) in [6, 6.07) is -0.540. The Balaban J connectivity index is 3.33. The Labute approximate surface area is 482 Å². The molecular formula is C71H139NO5. The lowest BCUT2D eigenvalue weighted by Crippen LogP contribution is -2.45. The van der Waals surface area contributed by atoms with Crippen LogP contribution in [0.25, 0.3) is 0 Å². The van der Waals surface area contributed by atoms with Gasteiger partial charge in [-0.05, 0) is 51.4 Å². The molecule has 0 rings (SSSR count). The fourth-order valence-corrected chi connectivity index (χ4v) is 11.4. The summed E-state index contributed by atoms with van der Waals surface area (Å²) in [5, 5.41) is 23.4. The predicted molar refractivity (Wildman–Crippen MR) is 338 cm³/mol. The summed E-state index contributed by atoms with van der Waals surface area (Å²) in [6.45, 7) is 4.99. The zero-order valence-electron chi connectivity index (χ0n) is 52.5. The van der Waals surface area contributed by atoms with Crippen molar-refractivity contribution < 1.29 is 24.5 Å². The first-order chi connectivity index (χ1) is 38.0. The lowest BCUT2D eigenvalue weighted by Gasteiger charge is -2.22. The highest BCUT2D eigenvalue weighted by Crippen LogP contribution is 2.19. The summed E-state index contributed by atoms with van der Waals surface area (Å²) in [4.78, 5) is 24.6. The minimum absolute atomic E-state index is 0.0171. The van der Waals surface area contributed by atoms with Crippen LogP contribution in [0.3, 0.4) is 0 Å². The fraction of sp³-hybridized carbons (Fsp3) is 0.944. The summed E-state index contributed by atoms with van der Waals surface area (Å²) in [5.74, 6) is -0.0124. The van der Waals surface area contributed by atoms with Crippen LogP contribution in [0.1, 0.15) is 406 Å². The van der Waals surface area contributed by atoms with Crippen molar-refractivity contribution in [1.29, 1.82) is 0 Å². The maximum atomic E-state index is 12.5. The molecule has 458 valence electrons. The Bertz CT molecular complexity index is 1160. The molecule has 0 bridgehead atoms. The van der Waals surface area contributed by atoms with Crippen molar-refractivity contribution in [2.75, 3.05) is 13.2 Å². The molecule has 77 heavy (non-hydrogen) atoms. The number of allylic oxidation sites excluding steroid dienone is 2. The van der Waals surface area contributed by atoms with Crippen LogP contribution in [0.2, 0.25) is 0 Å². The van der Waals surface area contributed by atoms with Crippen molar-refractivity contribution in [3.63, 3.8) is 0 Å². The average molecular weight is 1090 g/mol. The number of ether oxygens (including phenoxy) is 1. The predicted octanol–water partition coefficient (Wildman–Crippen LogP) is 22.8. The second-order valence-corrected chi connectivity index (χ2v) is 24.6. The summed E-state index contributed by atoms with van der Waals surface area (Å²) >= 11 is 0. The molecule has 3 N–H and O–H groups in total. The molecule has 0 aliphatic heterocycles. The van der Waals surface area contributed by atoms with Crippen LogP contribution in [0, 0.1) is 0 Å². The Kier molecular flexibility index (Phi) is 65.9. The smallest absolute Gasteiger partial charge is 0.305 e. The number of nitrogens with one attached hydrogen (secondary N) is 1. The van der Waals surface area contributed by atoms with E-state index in [1.165, 1.54) is 334 Å². The minimum atomic E-state index is -0.662. The first-order valence-electron chi connectivity index (χ1n) is 35.4. The molecule has 0 spiro atoms. The highest BCUT2D eigenvalue weighted by molar-refractivity contribution is 5.76. The van der Waals surface area contributed by atoms with Gasteiger partial charge >= 0.3 is 5.97 Å². The van der Waals surface area contributed by atoms with Crippen LogP contribution < -0.4 is 5.32 Å². The highest BCUT2D eigenvalue weighted by Gasteiger charge is 2.20. The topological polar surface area (TPSA) is 95.9 Å². The lowest BCUT2D eigenvalue weighted by molar-refractivity contribution is -0.143. The first-order valence-corrected chi connectivity index (χ1v) is 35.4. The average Bonchev–Trinajstić information content (AvgIpc) is 3.43. The Hall–Kier alpha value is -1.40. The largest absolute Gasteiger partial charge is 0.466 e. The summed E-state index contributed by atoms with van der Waals surface area (Å²) in [7, 11) is 0. The van der Waals surface area contributed by atoms with Crippen LogP contribution >= 0.6 is 0 Å². The van der Waals surface area contributed by atoms with Crippen LogP contribution in [0.4, 0.5) is 0 Å². The van der Waals surface area contributed by atoms with E-state index in [1.54, 1.807) is 0 Å². The van der Waals surface area contributed by atoms with Gasteiger partial charge in [-0.15, -0.1) is 0 Å². The van der Waals surface area contributed by atoms with E-state index in [4.69, 9.17) is 4.74 Å². The number of esters is 1. The quantitative estimate of drug-likeness (QED) is 0.0320. The number of carbonyl (C=O) groups is 2. The summed E-state index contributed by atoms with van der Waals surface area (Å²) in [6.07, 6.45) is 82.6. The van der Waals surface area contributed by atoms with Gasteiger partial charge in [0, 0.05) is 12.8 Å². The van der Waals surface area contributed by atoms with E-state index in [0.717, 1.165) is 38.5 Å². The number of unbranched alkanes of at least 4 members (excludes halogenated alkanes) is 54. The van der Waals surface area contributed by atoms with Crippen LogP contribution in [-0.2, 0) is 14.3 Å². The molecule has 0 aromatic rings. The van der Waals surface area contributed by atoms with E-state index in [1.807, 2.05) is 0 Å². The minimum Gasteiger partial charge on any atom is -0.466 e. The molecule has 0 fully saturated rings. The molecule has 0 heterocycles. The molecule has 6 heteroatoms. The molecule has 1 amide bonds. The van der Waals surface area contributed by atoms with Crippen LogP contribution in [0.5, 0.6) is 0 Å². The fourth-order valence-electron chi connectivity index (χ4n) is 11.4. The number of carbonyl (C=O) groups excluding carboxylic acids is 2. The van der Waals surface area contributed by atoms with Crippen molar-refractivity contribution in [3.8, 4) is 0 Å². The maximum Gasteiger partial charge on any atom is 0.305 e. The van der Waals surface area contributed by atoms with Gasteiger partial charge in [-0.3, -0.25) is 9.59 Å². The molecule has 0 radical (unpaired) electrons. The molecule has 0 saturated carbocycles. The van der Waals surface area contributed by atoms with E-state index >= 15 is 0 Å². The highest BCUT2D eigenvalue weighted by atomic mass is 16.5. The molecule has 0 aliphatic carbocycles. The lowest BCUT2D eigenvalue weighted by atomic mass is 10.0. The second-order valence-electron chi connectivity index (χ2n) is 24.6. The number of hydrogen-bond donors (Lipinski definition) is 3. The maximum absolute atomic E-state index is 12.5.